The van der Waals surface area contributed by atoms with E-state index in [0.29, 0.717) is 28.6 Å². The van der Waals surface area contributed by atoms with E-state index in [0.717, 1.165) is 6.07 Å². The number of rotatable bonds is 4. The van der Waals surface area contributed by atoms with Gasteiger partial charge in [-0.05, 0) is 48.4 Å². The van der Waals surface area contributed by atoms with Crippen LogP contribution in [0.2, 0.25) is 0 Å². The number of benzene rings is 1. The van der Waals surface area contributed by atoms with Crippen molar-refractivity contribution in [1.82, 2.24) is 19.5 Å². The minimum atomic E-state index is -4.55. The van der Waals surface area contributed by atoms with Gasteiger partial charge in [0.05, 0.1) is 11.3 Å². The number of nitrogens with zero attached hydrogens (tertiary/aromatic N) is 4. The van der Waals surface area contributed by atoms with Crippen molar-refractivity contribution in [2.75, 3.05) is 5.32 Å². The molecule has 1 N–H and O–H groups in total. The van der Waals surface area contributed by atoms with Crippen molar-refractivity contribution in [3.05, 3.63) is 88.7 Å². The van der Waals surface area contributed by atoms with E-state index in [1.165, 1.54) is 35.9 Å². The Labute approximate surface area is 181 Å². The molecule has 1 aromatic carbocycles. The molecule has 4 rings (SSSR count). The van der Waals surface area contributed by atoms with Gasteiger partial charge in [0, 0.05) is 31.1 Å². The molecule has 32 heavy (non-hydrogen) atoms. The number of aryl methyl sites for hydroxylation is 1. The van der Waals surface area contributed by atoms with E-state index < -0.39 is 17.3 Å². The predicted octanol–water partition coefficient (Wildman–Crippen LogP) is 4.98. The molecule has 9 heteroatoms. The van der Waals surface area contributed by atoms with E-state index in [-0.39, 0.29) is 11.3 Å². The highest BCUT2D eigenvalue weighted by Crippen LogP contribution is 2.37. The van der Waals surface area contributed by atoms with Crippen LogP contribution in [0, 0.1) is 6.92 Å². The van der Waals surface area contributed by atoms with Crippen molar-refractivity contribution in [2.45, 2.75) is 13.1 Å². The summed E-state index contributed by atoms with van der Waals surface area (Å²) in [5, 5.41) is 3.06. The first-order valence-electron chi connectivity index (χ1n) is 9.63. The molecule has 0 fully saturated rings. The highest BCUT2D eigenvalue weighted by atomic mass is 19.4. The first-order valence-corrected chi connectivity index (χ1v) is 9.63. The lowest BCUT2D eigenvalue weighted by Crippen LogP contribution is -2.19. The molecule has 3 aromatic heterocycles. The second-order valence-electron chi connectivity index (χ2n) is 7.11. The van der Waals surface area contributed by atoms with E-state index in [1.807, 2.05) is 0 Å². The van der Waals surface area contributed by atoms with Gasteiger partial charge in [0.15, 0.2) is 0 Å². The number of halogens is 3. The number of aromatic nitrogens is 4. The maximum absolute atomic E-state index is 13.6. The minimum Gasteiger partial charge on any atom is -0.325 e. The topological polar surface area (TPSA) is 72.7 Å². The lowest BCUT2D eigenvalue weighted by Gasteiger charge is -2.16. The fraction of sp³-hybridized carbons (Fsp3) is 0.130. The fourth-order valence-corrected chi connectivity index (χ4v) is 3.35. The molecule has 0 spiro atoms. The summed E-state index contributed by atoms with van der Waals surface area (Å²) in [6.07, 6.45) is -1.39. The molecule has 0 radical (unpaired) electrons. The van der Waals surface area contributed by atoms with Crippen LogP contribution in [0.25, 0.3) is 22.4 Å². The maximum atomic E-state index is 13.6. The van der Waals surface area contributed by atoms with E-state index in [4.69, 9.17) is 0 Å². The Kier molecular flexibility index (Phi) is 5.48. The van der Waals surface area contributed by atoms with Crippen LogP contribution in [0.15, 0.2) is 71.8 Å². The number of hydrogen-bond donors (Lipinski definition) is 1. The van der Waals surface area contributed by atoms with E-state index in [1.54, 1.807) is 43.6 Å². The average Bonchev–Trinajstić information content (AvgIpc) is 2.75. The van der Waals surface area contributed by atoms with Gasteiger partial charge in [0.1, 0.15) is 17.5 Å². The standard InChI is InChI=1S/C23H18F3N5O/c1-14-27-10-8-20(29-14)30-21-12-15(7-9-28-21)16-11-19(31(2)22(32)13-16)17-5-3-4-6-18(17)23(24,25)26/h3-13H,1-2H3,(H,27,28,29,30). The second kappa shape index (κ2) is 8.26. The summed E-state index contributed by atoms with van der Waals surface area (Å²) in [4.78, 5) is 25.2. The smallest absolute Gasteiger partial charge is 0.325 e. The summed E-state index contributed by atoms with van der Waals surface area (Å²) < 4.78 is 41.9. The Balaban J connectivity index is 1.79. The summed E-state index contributed by atoms with van der Waals surface area (Å²) >= 11 is 0. The van der Waals surface area contributed by atoms with Crippen LogP contribution in [-0.2, 0) is 13.2 Å². The third-order valence-corrected chi connectivity index (χ3v) is 4.90. The number of alkyl halides is 3. The Morgan fingerprint density at radius 3 is 2.41 bits per heavy atom. The summed E-state index contributed by atoms with van der Waals surface area (Å²) in [5.74, 6) is 1.61. The molecule has 0 saturated carbocycles. The summed E-state index contributed by atoms with van der Waals surface area (Å²) in [6, 6.07) is 13.2. The van der Waals surface area contributed by atoms with E-state index in [9.17, 15) is 18.0 Å². The van der Waals surface area contributed by atoms with Crippen molar-refractivity contribution in [2.24, 2.45) is 7.05 Å². The molecule has 0 amide bonds. The number of pyridine rings is 2. The van der Waals surface area contributed by atoms with Crippen LogP contribution >= 0.6 is 0 Å². The minimum absolute atomic E-state index is 0.0645. The molecule has 0 unspecified atom stereocenters. The van der Waals surface area contributed by atoms with Crippen LogP contribution < -0.4 is 10.9 Å². The molecule has 0 bridgehead atoms. The lowest BCUT2D eigenvalue weighted by atomic mass is 9.99. The number of nitrogens with one attached hydrogen (secondary N) is 1. The molecular formula is C23H18F3N5O. The largest absolute Gasteiger partial charge is 0.417 e. The molecule has 0 aliphatic rings. The molecule has 0 saturated heterocycles. The van der Waals surface area contributed by atoms with Gasteiger partial charge in [-0.2, -0.15) is 13.2 Å². The summed E-state index contributed by atoms with van der Waals surface area (Å²) in [5.41, 5.74) is -0.0276. The zero-order chi connectivity index (χ0) is 22.9. The Hall–Kier alpha value is -4.01. The van der Waals surface area contributed by atoms with Gasteiger partial charge in [-0.1, -0.05) is 18.2 Å². The number of hydrogen-bond acceptors (Lipinski definition) is 5. The van der Waals surface area contributed by atoms with Gasteiger partial charge >= 0.3 is 6.18 Å². The normalized spacial score (nSPS) is 11.4. The summed E-state index contributed by atoms with van der Waals surface area (Å²) in [7, 11) is 1.45. The molecule has 3 heterocycles. The third-order valence-electron chi connectivity index (χ3n) is 4.90. The van der Waals surface area contributed by atoms with Gasteiger partial charge in [0.25, 0.3) is 5.56 Å². The van der Waals surface area contributed by atoms with Gasteiger partial charge in [0.2, 0.25) is 0 Å². The van der Waals surface area contributed by atoms with Gasteiger partial charge < -0.3 is 9.88 Å². The van der Waals surface area contributed by atoms with E-state index in [2.05, 4.69) is 20.3 Å². The van der Waals surface area contributed by atoms with Gasteiger partial charge in [-0.25, -0.2) is 15.0 Å². The van der Waals surface area contributed by atoms with Crippen molar-refractivity contribution < 1.29 is 13.2 Å². The van der Waals surface area contributed by atoms with E-state index >= 15 is 0 Å². The molecule has 6 nitrogen and oxygen atoms in total. The van der Waals surface area contributed by atoms with Crippen molar-refractivity contribution >= 4 is 11.6 Å². The Bertz CT molecular complexity index is 1350. The second-order valence-corrected chi connectivity index (χ2v) is 7.11. The van der Waals surface area contributed by atoms with Gasteiger partial charge in [-0.3, -0.25) is 4.79 Å². The average molecular weight is 437 g/mol. The molecular weight excluding hydrogens is 419 g/mol. The highest BCUT2D eigenvalue weighted by Gasteiger charge is 2.33. The van der Waals surface area contributed by atoms with Crippen LogP contribution in [0.5, 0.6) is 0 Å². The Morgan fingerprint density at radius 2 is 1.66 bits per heavy atom. The Morgan fingerprint density at radius 1 is 0.906 bits per heavy atom. The summed E-state index contributed by atoms with van der Waals surface area (Å²) in [6.45, 7) is 1.76. The number of anilines is 2. The van der Waals surface area contributed by atoms with Gasteiger partial charge in [-0.15, -0.1) is 0 Å². The van der Waals surface area contributed by atoms with Crippen LogP contribution in [0.3, 0.4) is 0 Å². The monoisotopic (exact) mass is 437 g/mol. The van der Waals surface area contributed by atoms with Crippen LogP contribution in [0.4, 0.5) is 24.8 Å². The van der Waals surface area contributed by atoms with Crippen molar-refractivity contribution in [3.8, 4) is 22.4 Å². The SMILES string of the molecule is Cc1nccc(Nc2cc(-c3cc(-c4ccccc4C(F)(F)F)n(C)c(=O)c3)ccn2)n1. The molecule has 0 aliphatic carbocycles. The fourth-order valence-electron chi connectivity index (χ4n) is 3.35. The zero-order valence-corrected chi connectivity index (χ0v) is 17.2. The third kappa shape index (κ3) is 4.36. The molecule has 0 atom stereocenters. The maximum Gasteiger partial charge on any atom is 0.417 e. The van der Waals surface area contributed by atoms with Crippen molar-refractivity contribution in [1.29, 1.82) is 0 Å². The molecule has 4 aromatic rings. The zero-order valence-electron chi connectivity index (χ0n) is 17.2. The van der Waals surface area contributed by atoms with Crippen LogP contribution in [0.1, 0.15) is 11.4 Å². The quantitative estimate of drug-likeness (QED) is 0.488. The lowest BCUT2D eigenvalue weighted by molar-refractivity contribution is -0.137. The predicted molar refractivity (Wildman–Crippen MR) is 115 cm³/mol. The van der Waals surface area contributed by atoms with Crippen LogP contribution in [-0.4, -0.2) is 19.5 Å². The highest BCUT2D eigenvalue weighted by molar-refractivity contribution is 5.74. The van der Waals surface area contributed by atoms with Crippen molar-refractivity contribution in [3.63, 3.8) is 0 Å². The first kappa shape index (κ1) is 21.2. The first-order chi connectivity index (χ1) is 15.2. The molecule has 162 valence electrons. The molecule has 0 aliphatic heterocycles.